The molecule has 0 aliphatic carbocycles. The fraction of sp³-hybridized carbons (Fsp3) is 0.222. The minimum absolute atomic E-state index is 0.296. The maximum absolute atomic E-state index is 11.8. The van der Waals surface area contributed by atoms with Crippen molar-refractivity contribution in [2.75, 3.05) is 13.2 Å². The molecule has 4 nitrogen and oxygen atoms in total. The molecule has 0 spiro atoms. The molecule has 1 N–H and O–H groups in total. The van der Waals surface area contributed by atoms with Gasteiger partial charge >= 0.3 is 5.97 Å². The van der Waals surface area contributed by atoms with Crippen molar-refractivity contribution in [2.45, 2.75) is 13.3 Å². The zero-order valence-corrected chi connectivity index (χ0v) is 13.6. The molecule has 120 valence electrons. The van der Waals surface area contributed by atoms with E-state index in [-0.39, 0.29) is 12.5 Å². The second-order valence-electron chi connectivity index (χ2n) is 5.11. The molecule has 2 aromatic carbocycles. The Bertz CT molecular complexity index is 683. The number of carbonyl (C=O) groups excluding carboxylic acids is 2. The molecule has 2 rings (SSSR count). The standard InChI is InChI=1S/C18H18ClNO3/c1-13-4-2-3-5-14(13)10-11-20-17(21)12-23-18(22)15-6-8-16(19)9-7-15/h2-9H,10-12H2,1H3,(H,20,21). The largest absolute Gasteiger partial charge is 0.452 e. The van der Waals surface area contributed by atoms with Crippen LogP contribution in [0, 0.1) is 6.92 Å². The number of rotatable bonds is 6. The SMILES string of the molecule is Cc1ccccc1CCNC(=O)COC(=O)c1ccc(Cl)cc1. The quantitative estimate of drug-likeness (QED) is 0.827. The van der Waals surface area contributed by atoms with Gasteiger partial charge in [0.05, 0.1) is 5.56 Å². The average Bonchev–Trinajstić information content (AvgIpc) is 2.55. The fourth-order valence-electron chi connectivity index (χ4n) is 2.08. The second kappa shape index (κ2) is 8.34. The van der Waals surface area contributed by atoms with Crippen LogP contribution in [-0.4, -0.2) is 25.0 Å². The highest BCUT2D eigenvalue weighted by molar-refractivity contribution is 6.30. The summed E-state index contributed by atoms with van der Waals surface area (Å²) >= 11 is 5.75. The van der Waals surface area contributed by atoms with Gasteiger partial charge in [-0.25, -0.2) is 4.79 Å². The topological polar surface area (TPSA) is 55.4 Å². The zero-order valence-electron chi connectivity index (χ0n) is 12.8. The lowest BCUT2D eigenvalue weighted by molar-refractivity contribution is -0.124. The van der Waals surface area contributed by atoms with Gasteiger partial charge in [-0.3, -0.25) is 4.79 Å². The predicted molar refractivity (Wildman–Crippen MR) is 89.6 cm³/mol. The molecular formula is C18H18ClNO3. The highest BCUT2D eigenvalue weighted by atomic mass is 35.5. The Kier molecular flexibility index (Phi) is 6.18. The third-order valence-electron chi connectivity index (χ3n) is 3.39. The number of benzene rings is 2. The lowest BCUT2D eigenvalue weighted by atomic mass is 10.1. The van der Waals surface area contributed by atoms with Crippen molar-refractivity contribution in [2.24, 2.45) is 0 Å². The highest BCUT2D eigenvalue weighted by Crippen LogP contribution is 2.10. The van der Waals surface area contributed by atoms with Gasteiger partial charge in [-0.15, -0.1) is 0 Å². The molecule has 0 unspecified atom stereocenters. The summed E-state index contributed by atoms with van der Waals surface area (Å²) in [5, 5.41) is 3.27. The number of hydrogen-bond acceptors (Lipinski definition) is 3. The molecule has 0 radical (unpaired) electrons. The van der Waals surface area contributed by atoms with Crippen molar-refractivity contribution in [1.82, 2.24) is 5.32 Å². The Morgan fingerprint density at radius 3 is 2.48 bits per heavy atom. The molecule has 5 heteroatoms. The van der Waals surface area contributed by atoms with E-state index >= 15 is 0 Å². The number of aryl methyl sites for hydroxylation is 1. The summed E-state index contributed by atoms with van der Waals surface area (Å²) in [6.45, 7) is 2.24. The van der Waals surface area contributed by atoms with Crippen LogP contribution in [-0.2, 0) is 16.0 Å². The number of amides is 1. The first kappa shape index (κ1) is 17.0. The third-order valence-corrected chi connectivity index (χ3v) is 3.64. The summed E-state index contributed by atoms with van der Waals surface area (Å²) in [4.78, 5) is 23.5. The first-order chi connectivity index (χ1) is 11.1. The van der Waals surface area contributed by atoms with Crippen molar-refractivity contribution in [3.63, 3.8) is 0 Å². The van der Waals surface area contributed by atoms with Gasteiger partial charge in [0.1, 0.15) is 0 Å². The number of nitrogens with one attached hydrogen (secondary N) is 1. The highest BCUT2D eigenvalue weighted by Gasteiger charge is 2.09. The summed E-state index contributed by atoms with van der Waals surface area (Å²) in [6, 6.07) is 14.3. The van der Waals surface area contributed by atoms with Crippen molar-refractivity contribution >= 4 is 23.5 Å². The van der Waals surface area contributed by atoms with Crippen molar-refractivity contribution < 1.29 is 14.3 Å². The van der Waals surface area contributed by atoms with E-state index in [1.807, 2.05) is 31.2 Å². The van der Waals surface area contributed by atoms with Crippen LogP contribution in [0.1, 0.15) is 21.5 Å². The molecule has 0 aliphatic heterocycles. The number of ether oxygens (including phenoxy) is 1. The third kappa shape index (κ3) is 5.42. The molecule has 0 saturated carbocycles. The van der Waals surface area contributed by atoms with E-state index < -0.39 is 5.97 Å². The van der Waals surface area contributed by atoms with Crippen molar-refractivity contribution in [3.05, 3.63) is 70.2 Å². The Balaban J connectivity index is 1.72. The summed E-state index contributed by atoms with van der Waals surface area (Å²) < 4.78 is 4.96. The molecule has 0 aliphatic rings. The molecule has 2 aromatic rings. The number of halogens is 1. The van der Waals surface area contributed by atoms with Crippen LogP contribution in [0.3, 0.4) is 0 Å². The molecule has 0 atom stereocenters. The van der Waals surface area contributed by atoms with Crippen LogP contribution >= 0.6 is 11.6 Å². The molecule has 0 aromatic heterocycles. The monoisotopic (exact) mass is 331 g/mol. The molecule has 0 heterocycles. The number of esters is 1. The molecule has 0 saturated heterocycles. The smallest absolute Gasteiger partial charge is 0.338 e. The van der Waals surface area contributed by atoms with E-state index in [0.29, 0.717) is 17.1 Å². The maximum atomic E-state index is 11.8. The van der Waals surface area contributed by atoms with Gasteiger partial charge in [0.2, 0.25) is 0 Å². The minimum Gasteiger partial charge on any atom is -0.452 e. The Morgan fingerprint density at radius 2 is 1.78 bits per heavy atom. The van der Waals surface area contributed by atoms with Crippen LogP contribution in [0.25, 0.3) is 0 Å². The maximum Gasteiger partial charge on any atom is 0.338 e. The molecule has 0 bridgehead atoms. The van der Waals surface area contributed by atoms with E-state index in [9.17, 15) is 9.59 Å². The second-order valence-corrected chi connectivity index (χ2v) is 5.55. The molecule has 0 fully saturated rings. The Labute approximate surface area is 140 Å². The number of hydrogen-bond donors (Lipinski definition) is 1. The van der Waals surface area contributed by atoms with Gasteiger partial charge in [-0.05, 0) is 48.7 Å². The normalized spacial score (nSPS) is 10.2. The van der Waals surface area contributed by atoms with E-state index in [4.69, 9.17) is 16.3 Å². The molecule has 23 heavy (non-hydrogen) atoms. The van der Waals surface area contributed by atoms with Crippen LogP contribution in [0.5, 0.6) is 0 Å². The van der Waals surface area contributed by atoms with E-state index in [1.165, 1.54) is 11.1 Å². The summed E-state index contributed by atoms with van der Waals surface area (Å²) in [5.41, 5.74) is 2.74. The van der Waals surface area contributed by atoms with Gasteiger partial charge in [-0.1, -0.05) is 35.9 Å². The van der Waals surface area contributed by atoms with Crippen LogP contribution in [0.15, 0.2) is 48.5 Å². The predicted octanol–water partition coefficient (Wildman–Crippen LogP) is 3.16. The van der Waals surface area contributed by atoms with E-state index in [1.54, 1.807) is 24.3 Å². The zero-order chi connectivity index (χ0) is 16.7. The van der Waals surface area contributed by atoms with Crippen molar-refractivity contribution in [3.8, 4) is 0 Å². The average molecular weight is 332 g/mol. The summed E-state index contributed by atoms with van der Waals surface area (Å²) in [6.07, 6.45) is 0.740. The van der Waals surface area contributed by atoms with Crippen LogP contribution in [0.4, 0.5) is 0 Å². The minimum atomic E-state index is -0.546. The Morgan fingerprint density at radius 1 is 1.09 bits per heavy atom. The summed E-state index contributed by atoms with van der Waals surface area (Å²) in [5.74, 6) is -0.864. The van der Waals surface area contributed by atoms with Gasteiger partial charge < -0.3 is 10.1 Å². The van der Waals surface area contributed by atoms with Gasteiger partial charge in [0, 0.05) is 11.6 Å². The van der Waals surface area contributed by atoms with Gasteiger partial charge in [0.25, 0.3) is 5.91 Å². The molecule has 1 amide bonds. The molecular weight excluding hydrogens is 314 g/mol. The van der Waals surface area contributed by atoms with E-state index in [0.717, 1.165) is 6.42 Å². The lowest BCUT2D eigenvalue weighted by Gasteiger charge is -2.08. The Hall–Kier alpha value is -2.33. The fourth-order valence-corrected chi connectivity index (χ4v) is 2.20. The lowest BCUT2D eigenvalue weighted by Crippen LogP contribution is -2.30. The first-order valence-electron chi connectivity index (χ1n) is 7.30. The first-order valence-corrected chi connectivity index (χ1v) is 7.68. The van der Waals surface area contributed by atoms with E-state index in [2.05, 4.69) is 5.32 Å². The van der Waals surface area contributed by atoms with Crippen LogP contribution < -0.4 is 5.32 Å². The van der Waals surface area contributed by atoms with Gasteiger partial charge in [0.15, 0.2) is 6.61 Å². The summed E-state index contributed by atoms with van der Waals surface area (Å²) in [7, 11) is 0. The number of carbonyl (C=O) groups is 2. The van der Waals surface area contributed by atoms with Crippen LogP contribution in [0.2, 0.25) is 5.02 Å². The van der Waals surface area contributed by atoms with Gasteiger partial charge in [-0.2, -0.15) is 0 Å². The van der Waals surface area contributed by atoms with Crippen molar-refractivity contribution in [1.29, 1.82) is 0 Å².